The summed E-state index contributed by atoms with van der Waals surface area (Å²) in [4.78, 5) is 25.5. The van der Waals surface area contributed by atoms with Crippen molar-refractivity contribution in [3.8, 4) is 0 Å². The van der Waals surface area contributed by atoms with Crippen LogP contribution in [0.3, 0.4) is 0 Å². The zero-order valence-corrected chi connectivity index (χ0v) is 10.0. The van der Waals surface area contributed by atoms with Crippen molar-refractivity contribution in [1.29, 1.82) is 0 Å². The highest BCUT2D eigenvalue weighted by molar-refractivity contribution is 6.06. The van der Waals surface area contributed by atoms with Gasteiger partial charge in [-0.05, 0) is 12.8 Å². The van der Waals surface area contributed by atoms with Crippen molar-refractivity contribution < 1.29 is 14.1 Å². The van der Waals surface area contributed by atoms with Crippen LogP contribution >= 0.6 is 0 Å². The number of carbonyl (C=O) groups excluding carboxylic acids is 2. The van der Waals surface area contributed by atoms with Crippen LogP contribution in [0, 0.1) is 0 Å². The Labute approximate surface area is 104 Å². The van der Waals surface area contributed by atoms with Crippen LogP contribution < -0.4 is 5.32 Å². The third-order valence-electron chi connectivity index (χ3n) is 3.76. The van der Waals surface area contributed by atoms with Gasteiger partial charge in [0.1, 0.15) is 5.54 Å². The molecule has 1 saturated heterocycles. The SMILES string of the molecule is O=C1NC2(CCCCC2)C(=O)N1Cc1ccno1. The van der Waals surface area contributed by atoms with Crippen LogP contribution in [0.2, 0.25) is 0 Å². The van der Waals surface area contributed by atoms with Crippen LogP contribution in [-0.2, 0) is 11.3 Å². The third kappa shape index (κ3) is 1.68. The maximum Gasteiger partial charge on any atom is 0.325 e. The molecule has 1 aromatic heterocycles. The lowest BCUT2D eigenvalue weighted by Crippen LogP contribution is -2.48. The Morgan fingerprint density at radius 1 is 1.33 bits per heavy atom. The Bertz CT molecular complexity index is 463. The van der Waals surface area contributed by atoms with Crippen LogP contribution in [0.4, 0.5) is 4.79 Å². The number of urea groups is 1. The minimum atomic E-state index is -0.657. The van der Waals surface area contributed by atoms with Crippen LogP contribution in [0.5, 0.6) is 0 Å². The van der Waals surface area contributed by atoms with Gasteiger partial charge in [-0.25, -0.2) is 4.79 Å². The number of aromatic nitrogens is 1. The molecule has 1 aliphatic carbocycles. The van der Waals surface area contributed by atoms with Gasteiger partial charge >= 0.3 is 6.03 Å². The first kappa shape index (κ1) is 11.3. The van der Waals surface area contributed by atoms with Crippen molar-refractivity contribution in [2.45, 2.75) is 44.2 Å². The van der Waals surface area contributed by atoms with E-state index in [-0.39, 0.29) is 18.5 Å². The quantitative estimate of drug-likeness (QED) is 0.804. The largest absolute Gasteiger partial charge is 0.359 e. The normalized spacial score (nSPS) is 22.6. The molecule has 0 bridgehead atoms. The van der Waals surface area contributed by atoms with Gasteiger partial charge in [0, 0.05) is 6.07 Å². The van der Waals surface area contributed by atoms with Crippen molar-refractivity contribution in [3.05, 3.63) is 18.0 Å². The van der Waals surface area contributed by atoms with Crippen LogP contribution in [0.25, 0.3) is 0 Å². The molecule has 1 aromatic rings. The summed E-state index contributed by atoms with van der Waals surface area (Å²) in [6, 6.07) is 1.34. The number of nitrogens with zero attached hydrogens (tertiary/aromatic N) is 2. The Kier molecular flexibility index (Phi) is 2.57. The summed E-state index contributed by atoms with van der Waals surface area (Å²) in [7, 11) is 0. The smallest absolute Gasteiger partial charge is 0.325 e. The fraction of sp³-hybridized carbons (Fsp3) is 0.583. The Morgan fingerprint density at radius 2 is 2.11 bits per heavy atom. The molecule has 1 saturated carbocycles. The number of imide groups is 1. The molecule has 3 amide bonds. The van der Waals surface area contributed by atoms with Gasteiger partial charge in [-0.3, -0.25) is 9.69 Å². The minimum absolute atomic E-state index is 0.122. The Morgan fingerprint density at radius 3 is 2.78 bits per heavy atom. The van der Waals surface area contributed by atoms with E-state index in [0.717, 1.165) is 32.1 Å². The van der Waals surface area contributed by atoms with E-state index in [1.807, 2.05) is 0 Å². The molecule has 0 atom stereocenters. The van der Waals surface area contributed by atoms with Crippen molar-refractivity contribution in [2.24, 2.45) is 0 Å². The summed E-state index contributed by atoms with van der Waals surface area (Å²) in [5.41, 5.74) is -0.657. The highest BCUT2D eigenvalue weighted by atomic mass is 16.5. The van der Waals surface area contributed by atoms with Crippen LogP contribution in [-0.4, -0.2) is 27.5 Å². The maximum atomic E-state index is 12.4. The lowest BCUT2D eigenvalue weighted by molar-refractivity contribution is -0.133. The van der Waals surface area contributed by atoms with E-state index in [0.29, 0.717) is 5.76 Å². The molecular weight excluding hydrogens is 234 g/mol. The molecule has 3 rings (SSSR count). The molecule has 2 aliphatic rings. The molecule has 2 fully saturated rings. The van der Waals surface area contributed by atoms with Crippen molar-refractivity contribution in [1.82, 2.24) is 15.4 Å². The fourth-order valence-corrected chi connectivity index (χ4v) is 2.79. The molecule has 18 heavy (non-hydrogen) atoms. The molecule has 1 spiro atoms. The van der Waals surface area contributed by atoms with E-state index in [4.69, 9.17) is 4.52 Å². The molecule has 1 aliphatic heterocycles. The number of carbonyl (C=O) groups is 2. The van der Waals surface area contributed by atoms with Gasteiger partial charge in [0.15, 0.2) is 5.76 Å². The minimum Gasteiger partial charge on any atom is -0.359 e. The highest BCUT2D eigenvalue weighted by Crippen LogP contribution is 2.34. The first-order valence-corrected chi connectivity index (χ1v) is 6.25. The average molecular weight is 249 g/mol. The topological polar surface area (TPSA) is 75.4 Å². The van der Waals surface area contributed by atoms with E-state index < -0.39 is 5.54 Å². The fourth-order valence-electron chi connectivity index (χ4n) is 2.79. The number of amides is 3. The Balaban J connectivity index is 1.80. The third-order valence-corrected chi connectivity index (χ3v) is 3.76. The second-order valence-corrected chi connectivity index (χ2v) is 4.94. The zero-order valence-electron chi connectivity index (χ0n) is 10.0. The first-order chi connectivity index (χ1) is 8.71. The lowest BCUT2D eigenvalue weighted by Gasteiger charge is -2.30. The first-order valence-electron chi connectivity index (χ1n) is 6.25. The number of hydrogen-bond acceptors (Lipinski definition) is 4. The zero-order chi connectivity index (χ0) is 12.6. The molecule has 2 heterocycles. The van der Waals surface area contributed by atoms with E-state index in [1.165, 1.54) is 11.1 Å². The second kappa shape index (κ2) is 4.12. The van der Waals surface area contributed by atoms with Gasteiger partial charge in [-0.15, -0.1) is 0 Å². The summed E-state index contributed by atoms with van der Waals surface area (Å²) in [5, 5.41) is 6.43. The van der Waals surface area contributed by atoms with Crippen LogP contribution in [0.15, 0.2) is 16.8 Å². The second-order valence-electron chi connectivity index (χ2n) is 4.94. The molecule has 0 unspecified atom stereocenters. The molecule has 6 nitrogen and oxygen atoms in total. The molecule has 0 radical (unpaired) electrons. The van der Waals surface area contributed by atoms with E-state index in [9.17, 15) is 9.59 Å². The van der Waals surface area contributed by atoms with Crippen molar-refractivity contribution in [3.63, 3.8) is 0 Å². The summed E-state index contributed by atoms with van der Waals surface area (Å²) >= 11 is 0. The monoisotopic (exact) mass is 249 g/mol. The Hall–Kier alpha value is -1.85. The predicted molar refractivity (Wildman–Crippen MR) is 61.4 cm³/mol. The summed E-state index contributed by atoms with van der Waals surface area (Å²) in [6.45, 7) is 0.159. The number of nitrogens with one attached hydrogen (secondary N) is 1. The standard InChI is InChI=1S/C12H15N3O3/c16-10-12(5-2-1-3-6-12)14-11(17)15(10)8-9-4-7-13-18-9/h4,7H,1-3,5-6,8H2,(H,14,17). The van der Waals surface area contributed by atoms with Gasteiger partial charge < -0.3 is 9.84 Å². The highest BCUT2D eigenvalue weighted by Gasteiger charge is 2.51. The number of rotatable bonds is 2. The summed E-state index contributed by atoms with van der Waals surface area (Å²) in [5.74, 6) is 0.398. The molecule has 6 heteroatoms. The molecular formula is C12H15N3O3. The van der Waals surface area contributed by atoms with Crippen molar-refractivity contribution >= 4 is 11.9 Å². The van der Waals surface area contributed by atoms with Gasteiger partial charge in [-0.1, -0.05) is 24.4 Å². The molecule has 0 aromatic carbocycles. The lowest BCUT2D eigenvalue weighted by atomic mass is 9.82. The average Bonchev–Trinajstić information content (AvgIpc) is 2.95. The van der Waals surface area contributed by atoms with Crippen molar-refractivity contribution in [2.75, 3.05) is 0 Å². The van der Waals surface area contributed by atoms with Crippen LogP contribution in [0.1, 0.15) is 37.9 Å². The predicted octanol–water partition coefficient (Wildman–Crippen LogP) is 1.43. The van der Waals surface area contributed by atoms with E-state index in [1.54, 1.807) is 6.07 Å². The van der Waals surface area contributed by atoms with E-state index >= 15 is 0 Å². The summed E-state index contributed by atoms with van der Waals surface area (Å²) < 4.78 is 4.94. The molecule has 1 N–H and O–H groups in total. The van der Waals surface area contributed by atoms with E-state index in [2.05, 4.69) is 10.5 Å². The van der Waals surface area contributed by atoms with Gasteiger partial charge in [0.2, 0.25) is 0 Å². The van der Waals surface area contributed by atoms with Gasteiger partial charge in [0.25, 0.3) is 5.91 Å². The maximum absolute atomic E-state index is 12.4. The number of hydrogen-bond donors (Lipinski definition) is 1. The summed E-state index contributed by atoms with van der Waals surface area (Å²) in [6.07, 6.45) is 6.09. The molecule has 96 valence electrons. The van der Waals surface area contributed by atoms with Gasteiger partial charge in [-0.2, -0.15) is 0 Å². The van der Waals surface area contributed by atoms with Gasteiger partial charge in [0.05, 0.1) is 12.7 Å².